The minimum absolute atomic E-state index is 0.0314. The van der Waals surface area contributed by atoms with Gasteiger partial charge in [-0.15, -0.1) is 0 Å². The number of hydrogen-bond acceptors (Lipinski definition) is 6. The van der Waals surface area contributed by atoms with Crippen LogP contribution in [0.1, 0.15) is 37.7 Å². The van der Waals surface area contributed by atoms with E-state index in [1.165, 1.54) is 11.1 Å². The molecule has 2 aromatic carbocycles. The van der Waals surface area contributed by atoms with Gasteiger partial charge in [-0.2, -0.15) is 0 Å². The van der Waals surface area contributed by atoms with Gasteiger partial charge >= 0.3 is 0 Å². The Labute approximate surface area is 207 Å². The molecule has 2 aliphatic rings. The average Bonchev–Trinajstić information content (AvgIpc) is 3.20. The molecule has 6 heteroatoms. The normalized spacial score (nSPS) is 23.2. The van der Waals surface area contributed by atoms with E-state index in [-0.39, 0.29) is 30.3 Å². The van der Waals surface area contributed by atoms with Crippen molar-refractivity contribution in [2.75, 3.05) is 26.3 Å². The minimum atomic E-state index is -1.03. The molecule has 4 rings (SSSR count). The van der Waals surface area contributed by atoms with Crippen LogP contribution >= 0.6 is 0 Å². The van der Waals surface area contributed by atoms with Crippen molar-refractivity contribution in [2.45, 2.75) is 50.9 Å². The predicted octanol–water partition coefficient (Wildman–Crippen LogP) is 3.40. The number of ketones is 1. The zero-order chi connectivity index (χ0) is 24.5. The van der Waals surface area contributed by atoms with Gasteiger partial charge < -0.3 is 19.4 Å². The van der Waals surface area contributed by atoms with Crippen molar-refractivity contribution in [3.05, 3.63) is 72.3 Å². The summed E-state index contributed by atoms with van der Waals surface area (Å²) >= 11 is 0. The van der Waals surface area contributed by atoms with Crippen molar-refractivity contribution < 1.29 is 24.2 Å². The van der Waals surface area contributed by atoms with Crippen molar-refractivity contribution in [2.24, 2.45) is 5.92 Å². The quantitative estimate of drug-likeness (QED) is 0.463. The molecular formula is C29H34NO5-. The number of hydrogen-bond donors (Lipinski definition) is 0. The SMILES string of the molecule is O=C([O-])CC/C=C\CC[C@H]1[C@@H](OCc2ccc(-c3ccccc3)cc2)CC(=O)[C@@H]1N1CCOCC1. The van der Waals surface area contributed by atoms with Crippen LogP contribution in [0.4, 0.5) is 0 Å². The second-order valence-electron chi connectivity index (χ2n) is 9.30. The predicted molar refractivity (Wildman–Crippen MR) is 132 cm³/mol. The highest BCUT2D eigenvalue weighted by molar-refractivity contribution is 5.87. The third kappa shape index (κ3) is 7.10. The Kier molecular flexibility index (Phi) is 9.23. The lowest BCUT2D eigenvalue weighted by atomic mass is 9.93. The van der Waals surface area contributed by atoms with Gasteiger partial charge in [0.25, 0.3) is 0 Å². The number of rotatable bonds is 11. The number of carboxylic acids is 1. The van der Waals surface area contributed by atoms with Gasteiger partial charge in [-0.05, 0) is 42.4 Å². The fourth-order valence-corrected chi connectivity index (χ4v) is 5.12. The molecule has 35 heavy (non-hydrogen) atoms. The molecule has 1 saturated carbocycles. The molecule has 0 aromatic heterocycles. The number of carbonyl (C=O) groups is 2. The number of Topliss-reactive ketones (excluding diaryl/α,β-unsaturated/α-hetero) is 1. The molecule has 6 nitrogen and oxygen atoms in total. The van der Waals surface area contributed by atoms with E-state index in [0.29, 0.717) is 32.7 Å². The highest BCUT2D eigenvalue weighted by Gasteiger charge is 2.45. The molecule has 2 aromatic rings. The van der Waals surface area contributed by atoms with Gasteiger partial charge in [-0.1, -0.05) is 66.7 Å². The molecular weight excluding hydrogens is 442 g/mol. The summed E-state index contributed by atoms with van der Waals surface area (Å²) in [5, 5.41) is 10.6. The van der Waals surface area contributed by atoms with E-state index in [0.717, 1.165) is 31.5 Å². The highest BCUT2D eigenvalue weighted by Crippen LogP contribution is 2.35. The van der Waals surface area contributed by atoms with Crippen LogP contribution in [0.3, 0.4) is 0 Å². The first-order chi connectivity index (χ1) is 17.1. The third-order valence-electron chi connectivity index (χ3n) is 6.93. The lowest BCUT2D eigenvalue weighted by molar-refractivity contribution is -0.305. The zero-order valence-electron chi connectivity index (χ0n) is 20.1. The molecule has 0 N–H and O–H groups in total. The molecule has 2 fully saturated rings. The van der Waals surface area contributed by atoms with Gasteiger partial charge in [-0.3, -0.25) is 9.69 Å². The average molecular weight is 477 g/mol. The molecule has 1 heterocycles. The molecule has 1 aliphatic carbocycles. The molecule has 0 spiro atoms. The van der Waals surface area contributed by atoms with Crippen LogP contribution < -0.4 is 5.11 Å². The zero-order valence-corrected chi connectivity index (χ0v) is 20.1. The summed E-state index contributed by atoms with van der Waals surface area (Å²) in [7, 11) is 0. The molecule has 3 atom stereocenters. The first kappa shape index (κ1) is 25.3. The molecule has 1 aliphatic heterocycles. The number of benzene rings is 2. The summed E-state index contributed by atoms with van der Waals surface area (Å²) in [6.07, 6.45) is 6.33. The third-order valence-corrected chi connectivity index (χ3v) is 6.93. The minimum Gasteiger partial charge on any atom is -0.550 e. The Hall–Kier alpha value is -2.80. The molecule has 0 radical (unpaired) electrons. The number of ether oxygens (including phenoxy) is 2. The summed E-state index contributed by atoms with van der Waals surface area (Å²) in [6, 6.07) is 18.5. The van der Waals surface area contributed by atoms with Gasteiger partial charge in [0.1, 0.15) is 0 Å². The Morgan fingerprint density at radius 2 is 1.69 bits per heavy atom. The highest BCUT2D eigenvalue weighted by atomic mass is 16.5. The molecule has 0 amide bonds. The number of carbonyl (C=O) groups excluding carboxylic acids is 2. The van der Waals surface area contributed by atoms with Crippen LogP contribution in [0.2, 0.25) is 0 Å². The lowest BCUT2D eigenvalue weighted by Crippen LogP contribution is -2.49. The molecule has 186 valence electrons. The van der Waals surface area contributed by atoms with Gasteiger partial charge in [0.2, 0.25) is 0 Å². The van der Waals surface area contributed by atoms with E-state index in [1.54, 1.807) is 0 Å². The van der Waals surface area contributed by atoms with Crippen molar-refractivity contribution >= 4 is 11.8 Å². The first-order valence-electron chi connectivity index (χ1n) is 12.6. The standard InChI is InChI=1S/C29H35NO5/c31-26-20-27(35-21-22-12-14-24(15-13-22)23-8-4-3-5-9-23)25(10-6-1-2-7-11-28(32)33)29(26)30-16-18-34-19-17-30/h1-5,8-9,12-15,25,27,29H,6-7,10-11,16-21H2,(H,32,33)/p-1/b2-1-/t25-,27-,29+/m0/s1. The maximum Gasteiger partial charge on any atom is 0.152 e. The summed E-state index contributed by atoms with van der Waals surface area (Å²) in [6.45, 7) is 3.31. The molecule has 0 unspecified atom stereocenters. The van der Waals surface area contributed by atoms with Crippen molar-refractivity contribution in [3.8, 4) is 11.1 Å². The number of morpholine rings is 1. The maximum atomic E-state index is 13.1. The lowest BCUT2D eigenvalue weighted by Gasteiger charge is -2.35. The number of carboxylic acid groups (broad SMARTS) is 1. The Morgan fingerprint density at radius 1 is 1.00 bits per heavy atom. The second kappa shape index (κ2) is 12.8. The van der Waals surface area contributed by atoms with Gasteiger partial charge in [0, 0.05) is 31.4 Å². The van der Waals surface area contributed by atoms with E-state index in [2.05, 4.69) is 41.3 Å². The van der Waals surface area contributed by atoms with Crippen LogP contribution in [-0.4, -0.2) is 55.1 Å². The topological polar surface area (TPSA) is 78.9 Å². The summed E-state index contributed by atoms with van der Waals surface area (Å²) in [4.78, 5) is 25.9. The smallest absolute Gasteiger partial charge is 0.152 e. The summed E-state index contributed by atoms with van der Waals surface area (Å²) in [5.74, 6) is -0.675. The largest absolute Gasteiger partial charge is 0.550 e. The van der Waals surface area contributed by atoms with Crippen molar-refractivity contribution in [1.29, 1.82) is 0 Å². The molecule has 1 saturated heterocycles. The van der Waals surface area contributed by atoms with E-state index in [1.807, 2.05) is 30.4 Å². The van der Waals surface area contributed by atoms with Crippen LogP contribution in [-0.2, 0) is 25.7 Å². The summed E-state index contributed by atoms with van der Waals surface area (Å²) < 4.78 is 11.9. The van der Waals surface area contributed by atoms with Crippen LogP contribution in [0.15, 0.2) is 66.7 Å². The number of nitrogens with zero attached hydrogens (tertiary/aromatic N) is 1. The van der Waals surface area contributed by atoms with Crippen LogP contribution in [0, 0.1) is 5.92 Å². The Morgan fingerprint density at radius 3 is 2.40 bits per heavy atom. The second-order valence-corrected chi connectivity index (χ2v) is 9.30. The van der Waals surface area contributed by atoms with E-state index in [9.17, 15) is 14.7 Å². The number of allylic oxidation sites excluding steroid dienone is 2. The Balaban J connectivity index is 1.38. The van der Waals surface area contributed by atoms with Crippen molar-refractivity contribution in [3.63, 3.8) is 0 Å². The summed E-state index contributed by atoms with van der Waals surface area (Å²) in [5.41, 5.74) is 3.44. The van der Waals surface area contributed by atoms with Gasteiger partial charge in [0.05, 0.1) is 32.0 Å². The van der Waals surface area contributed by atoms with E-state index < -0.39 is 5.97 Å². The van der Waals surface area contributed by atoms with Crippen LogP contribution in [0.25, 0.3) is 11.1 Å². The van der Waals surface area contributed by atoms with E-state index in [4.69, 9.17) is 9.47 Å². The van der Waals surface area contributed by atoms with Crippen molar-refractivity contribution in [1.82, 2.24) is 4.90 Å². The monoisotopic (exact) mass is 476 g/mol. The molecule has 0 bridgehead atoms. The van der Waals surface area contributed by atoms with E-state index >= 15 is 0 Å². The maximum absolute atomic E-state index is 13.1. The number of aliphatic carboxylic acids is 1. The fraction of sp³-hybridized carbons (Fsp3) is 0.448. The van der Waals surface area contributed by atoms with Gasteiger partial charge in [-0.25, -0.2) is 0 Å². The fourth-order valence-electron chi connectivity index (χ4n) is 5.12. The first-order valence-corrected chi connectivity index (χ1v) is 12.6. The van der Waals surface area contributed by atoms with Gasteiger partial charge in [0.15, 0.2) is 5.78 Å². The Bertz CT molecular complexity index is 982. The van der Waals surface area contributed by atoms with Crippen LogP contribution in [0.5, 0.6) is 0 Å².